The van der Waals surface area contributed by atoms with E-state index in [0.717, 1.165) is 70.8 Å². The number of esters is 1. The maximum atomic E-state index is 12.2. The molecule has 54 heavy (non-hydrogen) atoms. The van der Waals surface area contributed by atoms with E-state index in [4.69, 9.17) is 9.47 Å². The first-order chi connectivity index (χ1) is 26.7. The van der Waals surface area contributed by atoms with Gasteiger partial charge in [0.25, 0.3) is 0 Å². The number of ether oxygens (including phenoxy) is 2. The summed E-state index contributed by atoms with van der Waals surface area (Å²) < 4.78 is 11.9. The van der Waals surface area contributed by atoms with Crippen molar-refractivity contribution in [3.05, 3.63) is 0 Å². The van der Waals surface area contributed by atoms with Crippen molar-refractivity contribution in [3.63, 3.8) is 0 Å². The Morgan fingerprint density at radius 2 is 0.667 bits per heavy atom. The molecule has 0 aliphatic rings. The van der Waals surface area contributed by atoms with E-state index in [1.54, 1.807) is 0 Å². The third kappa shape index (κ3) is 42.5. The predicted molar refractivity (Wildman–Crippen MR) is 238 cm³/mol. The highest BCUT2D eigenvalue weighted by atomic mass is 16.5. The van der Waals surface area contributed by atoms with Gasteiger partial charge in [-0.2, -0.15) is 0 Å². The van der Waals surface area contributed by atoms with Crippen LogP contribution in [0, 0.1) is 0 Å². The van der Waals surface area contributed by atoms with Gasteiger partial charge in [0.2, 0.25) is 0 Å². The number of carbonyl (C=O) groups excluding carboxylic acids is 1. The third-order valence-electron chi connectivity index (χ3n) is 11.7. The van der Waals surface area contributed by atoms with Gasteiger partial charge in [-0.1, -0.05) is 252 Å². The summed E-state index contributed by atoms with van der Waals surface area (Å²) in [5.41, 5.74) is 0. The highest BCUT2D eigenvalue weighted by Crippen LogP contribution is 2.20. The summed E-state index contributed by atoms with van der Waals surface area (Å²) >= 11 is 0. The molecule has 4 heteroatoms. The van der Waals surface area contributed by atoms with Crippen LogP contribution in [0.1, 0.15) is 290 Å². The predicted octanol–water partition coefficient (Wildman–Crippen LogP) is 16.7. The minimum absolute atomic E-state index is 0.0144. The molecule has 1 N–H and O–H groups in total. The van der Waals surface area contributed by atoms with Gasteiger partial charge in [-0.15, -0.1) is 0 Å². The van der Waals surface area contributed by atoms with Crippen molar-refractivity contribution < 1.29 is 19.4 Å². The summed E-state index contributed by atoms with van der Waals surface area (Å²) in [4.78, 5) is 12.2. The number of unbranched alkanes of at least 4 members (excludes halogenated alkanes) is 35. The molecule has 0 fully saturated rings. The lowest BCUT2D eigenvalue weighted by Crippen LogP contribution is -2.29. The Balaban J connectivity index is 3.90. The van der Waals surface area contributed by atoms with Gasteiger partial charge in [-0.25, -0.2) is 0 Å². The number of carbonyl (C=O) groups is 1. The van der Waals surface area contributed by atoms with Crippen molar-refractivity contribution in [2.24, 2.45) is 0 Å². The molecule has 0 aliphatic carbocycles. The summed E-state index contributed by atoms with van der Waals surface area (Å²) in [6.45, 7) is 8.23. The van der Waals surface area contributed by atoms with Crippen LogP contribution in [-0.4, -0.2) is 36.5 Å². The van der Waals surface area contributed by atoms with Gasteiger partial charge in [-0.3, -0.25) is 4.79 Å². The molecule has 2 atom stereocenters. The van der Waals surface area contributed by atoms with Crippen molar-refractivity contribution in [1.29, 1.82) is 0 Å². The summed E-state index contributed by atoms with van der Waals surface area (Å²) in [5, 5.41) is 11.1. The molecule has 0 bridgehead atoms. The number of aliphatic hydroxyl groups is 1. The standard InChI is InChI=1S/C50H100O4/c1-4-7-10-13-16-18-20-22-24-26-28-30-36-41-46-53-49(48(51)43-38-33-15-12-9-6-3)44-39-34-32-35-40-45-50(52)54-47-42-37-31-29-27-25-23-21-19-17-14-11-8-5-2/h48-49,51H,4-47H2,1-3H3. The lowest BCUT2D eigenvalue weighted by molar-refractivity contribution is -0.143. The molecule has 0 heterocycles. The second kappa shape index (κ2) is 46.8. The van der Waals surface area contributed by atoms with Gasteiger partial charge in [-0.05, 0) is 32.1 Å². The number of aliphatic hydroxyl groups excluding tert-OH is 1. The highest BCUT2D eigenvalue weighted by Gasteiger charge is 2.19. The Hall–Kier alpha value is -0.610. The van der Waals surface area contributed by atoms with Crippen LogP contribution in [0.3, 0.4) is 0 Å². The van der Waals surface area contributed by atoms with E-state index in [1.165, 1.54) is 199 Å². The van der Waals surface area contributed by atoms with Crippen LogP contribution in [0.25, 0.3) is 0 Å². The van der Waals surface area contributed by atoms with Crippen molar-refractivity contribution >= 4 is 5.97 Å². The van der Waals surface area contributed by atoms with Gasteiger partial charge in [0.15, 0.2) is 0 Å². The average molecular weight is 765 g/mol. The quantitative estimate of drug-likeness (QED) is 0.0495. The van der Waals surface area contributed by atoms with Crippen molar-refractivity contribution in [3.8, 4) is 0 Å². The van der Waals surface area contributed by atoms with E-state index in [1.807, 2.05) is 0 Å². The number of hydrogen-bond acceptors (Lipinski definition) is 4. The number of rotatable bonds is 47. The lowest BCUT2D eigenvalue weighted by Gasteiger charge is -2.24. The monoisotopic (exact) mass is 765 g/mol. The third-order valence-corrected chi connectivity index (χ3v) is 11.7. The lowest BCUT2D eigenvalue weighted by atomic mass is 9.99. The van der Waals surface area contributed by atoms with E-state index in [-0.39, 0.29) is 18.2 Å². The largest absolute Gasteiger partial charge is 0.466 e. The molecular weight excluding hydrogens is 665 g/mol. The van der Waals surface area contributed by atoms with Crippen LogP contribution >= 0.6 is 0 Å². The molecule has 0 spiro atoms. The van der Waals surface area contributed by atoms with Crippen LogP contribution in [0.15, 0.2) is 0 Å². The summed E-state index contributed by atoms with van der Waals surface area (Å²) in [6.07, 6.45) is 53.0. The first-order valence-corrected chi connectivity index (χ1v) is 25.1. The Bertz CT molecular complexity index is 696. The SMILES string of the molecule is CCCCCCCCCCCCCCCCOC(=O)CCCCCCCC(OCCCCCCCCCCCCCCCC)C(O)CCCCCCCC. The first-order valence-electron chi connectivity index (χ1n) is 25.1. The van der Waals surface area contributed by atoms with Gasteiger partial charge in [0, 0.05) is 13.0 Å². The Morgan fingerprint density at radius 1 is 0.370 bits per heavy atom. The summed E-state index contributed by atoms with van der Waals surface area (Å²) in [7, 11) is 0. The van der Waals surface area contributed by atoms with Crippen LogP contribution in [0.4, 0.5) is 0 Å². The Morgan fingerprint density at radius 3 is 1.06 bits per heavy atom. The molecule has 0 saturated carbocycles. The highest BCUT2D eigenvalue weighted by molar-refractivity contribution is 5.69. The van der Waals surface area contributed by atoms with E-state index in [9.17, 15) is 9.90 Å². The van der Waals surface area contributed by atoms with Gasteiger partial charge < -0.3 is 14.6 Å². The number of hydrogen-bond donors (Lipinski definition) is 1. The van der Waals surface area contributed by atoms with Gasteiger partial charge in [0.05, 0.1) is 18.8 Å². The molecule has 0 amide bonds. The maximum absolute atomic E-state index is 12.2. The molecular formula is C50H100O4. The van der Waals surface area contributed by atoms with Crippen LogP contribution in [-0.2, 0) is 14.3 Å². The summed E-state index contributed by atoms with van der Waals surface area (Å²) in [5.74, 6) is -0.0144. The minimum atomic E-state index is -0.336. The van der Waals surface area contributed by atoms with E-state index in [0.29, 0.717) is 13.0 Å². The fourth-order valence-electron chi connectivity index (χ4n) is 7.94. The zero-order valence-electron chi connectivity index (χ0n) is 37.4. The molecule has 0 saturated heterocycles. The van der Waals surface area contributed by atoms with E-state index < -0.39 is 0 Å². The summed E-state index contributed by atoms with van der Waals surface area (Å²) in [6, 6.07) is 0. The topological polar surface area (TPSA) is 55.8 Å². The van der Waals surface area contributed by atoms with Crippen LogP contribution in [0.5, 0.6) is 0 Å². The Labute approximate surface area is 340 Å². The smallest absolute Gasteiger partial charge is 0.305 e. The van der Waals surface area contributed by atoms with Gasteiger partial charge >= 0.3 is 5.97 Å². The minimum Gasteiger partial charge on any atom is -0.466 e. The zero-order chi connectivity index (χ0) is 39.3. The molecule has 2 unspecified atom stereocenters. The molecule has 0 rings (SSSR count). The molecule has 0 aliphatic heterocycles. The van der Waals surface area contributed by atoms with Crippen molar-refractivity contribution in [2.75, 3.05) is 13.2 Å². The second-order valence-electron chi connectivity index (χ2n) is 17.3. The molecule has 4 nitrogen and oxygen atoms in total. The molecule has 0 radical (unpaired) electrons. The average Bonchev–Trinajstić information content (AvgIpc) is 3.17. The first kappa shape index (κ1) is 53.4. The maximum Gasteiger partial charge on any atom is 0.305 e. The molecule has 0 aromatic rings. The second-order valence-corrected chi connectivity index (χ2v) is 17.3. The van der Waals surface area contributed by atoms with Crippen LogP contribution < -0.4 is 0 Å². The van der Waals surface area contributed by atoms with Crippen LogP contribution in [0.2, 0.25) is 0 Å². The van der Waals surface area contributed by atoms with E-state index in [2.05, 4.69) is 20.8 Å². The van der Waals surface area contributed by atoms with Crippen molar-refractivity contribution in [1.82, 2.24) is 0 Å². The van der Waals surface area contributed by atoms with E-state index >= 15 is 0 Å². The Kier molecular flexibility index (Phi) is 46.2. The van der Waals surface area contributed by atoms with Crippen molar-refractivity contribution in [2.45, 2.75) is 303 Å². The fraction of sp³-hybridized carbons (Fsp3) is 0.980. The van der Waals surface area contributed by atoms with Gasteiger partial charge in [0.1, 0.15) is 0 Å². The molecule has 0 aromatic carbocycles. The fourth-order valence-corrected chi connectivity index (χ4v) is 7.94. The molecule has 324 valence electrons. The molecule has 0 aromatic heterocycles. The normalized spacial score (nSPS) is 12.7. The zero-order valence-corrected chi connectivity index (χ0v) is 37.4.